The maximum Gasteiger partial charge on any atom is 0.289 e. The molecule has 2 aromatic carbocycles. The average Bonchev–Trinajstić information content (AvgIpc) is 2.72. The Hall–Kier alpha value is -2.49. The molecular weight excluding hydrogens is 392 g/mol. The molecule has 0 aliphatic carbocycles. The van der Waals surface area contributed by atoms with E-state index in [1.165, 1.54) is 17.8 Å². The molecule has 0 saturated carbocycles. The van der Waals surface area contributed by atoms with Crippen LogP contribution in [-0.2, 0) is 10.0 Å². The van der Waals surface area contributed by atoms with Crippen molar-refractivity contribution in [2.45, 2.75) is 24.8 Å². The highest BCUT2D eigenvalue weighted by molar-refractivity contribution is 7.89. The quantitative estimate of drug-likeness (QED) is 0.548. The second-order valence-corrected chi connectivity index (χ2v) is 8.94. The molecule has 0 spiro atoms. The number of hydrogen-bond acceptors (Lipinski definition) is 6. The lowest BCUT2D eigenvalue weighted by atomic mass is 10.2. The summed E-state index contributed by atoms with van der Waals surface area (Å²) in [7, 11) is -3.98. The van der Waals surface area contributed by atoms with E-state index in [0.29, 0.717) is 5.56 Å². The van der Waals surface area contributed by atoms with E-state index in [1.54, 1.807) is 13.0 Å². The number of rotatable bonds is 7. The zero-order valence-corrected chi connectivity index (χ0v) is 17.4. The van der Waals surface area contributed by atoms with Crippen LogP contribution >= 0.6 is 0 Å². The van der Waals surface area contributed by atoms with Gasteiger partial charge in [0.2, 0.25) is 10.0 Å². The summed E-state index contributed by atoms with van der Waals surface area (Å²) in [6, 6.07) is 14.4. The lowest BCUT2D eigenvalue weighted by Crippen LogP contribution is -2.52. The van der Waals surface area contributed by atoms with Gasteiger partial charge in [0.15, 0.2) is 4.90 Å². The number of benzene rings is 2. The van der Waals surface area contributed by atoms with Gasteiger partial charge in [-0.2, -0.15) is 0 Å². The van der Waals surface area contributed by atoms with Crippen LogP contribution in [-0.4, -0.2) is 57.0 Å². The Kier molecular flexibility index (Phi) is 6.51. The van der Waals surface area contributed by atoms with E-state index in [0.717, 1.165) is 26.2 Å². The Morgan fingerprint density at radius 1 is 1.07 bits per heavy atom. The third-order valence-corrected chi connectivity index (χ3v) is 6.90. The number of sulfonamides is 1. The fraction of sp³-hybridized carbons (Fsp3) is 0.400. The van der Waals surface area contributed by atoms with Crippen molar-refractivity contribution in [2.24, 2.45) is 0 Å². The van der Waals surface area contributed by atoms with Gasteiger partial charge >= 0.3 is 0 Å². The molecule has 1 fully saturated rings. The molecule has 1 aliphatic rings. The molecule has 3 rings (SSSR count). The summed E-state index contributed by atoms with van der Waals surface area (Å²) >= 11 is 0. The number of nitrogens with one attached hydrogen (secondary N) is 1. The van der Waals surface area contributed by atoms with Crippen LogP contribution in [0.4, 0.5) is 11.4 Å². The second-order valence-electron chi connectivity index (χ2n) is 7.24. The number of nitro groups is 1. The molecule has 0 amide bonds. The molecule has 8 nitrogen and oxygen atoms in total. The molecule has 156 valence electrons. The number of nitrogens with zero attached hydrogens (tertiary/aromatic N) is 3. The van der Waals surface area contributed by atoms with E-state index in [-0.39, 0.29) is 17.5 Å². The van der Waals surface area contributed by atoms with Gasteiger partial charge in [0.05, 0.1) is 4.92 Å². The van der Waals surface area contributed by atoms with E-state index < -0.39 is 20.6 Å². The molecule has 1 heterocycles. The van der Waals surface area contributed by atoms with E-state index in [2.05, 4.69) is 26.7 Å². The van der Waals surface area contributed by atoms with Gasteiger partial charge < -0.3 is 4.90 Å². The summed E-state index contributed by atoms with van der Waals surface area (Å²) in [5.74, 6) is 0. The summed E-state index contributed by atoms with van der Waals surface area (Å²) < 4.78 is 28.1. The molecule has 9 heteroatoms. The van der Waals surface area contributed by atoms with Gasteiger partial charge in [-0.15, -0.1) is 0 Å². The van der Waals surface area contributed by atoms with E-state index in [9.17, 15) is 18.5 Å². The topological polar surface area (TPSA) is 95.8 Å². The number of anilines is 1. The molecule has 1 N–H and O–H groups in total. The predicted octanol–water partition coefficient (Wildman–Crippen LogP) is 2.39. The van der Waals surface area contributed by atoms with Crippen molar-refractivity contribution in [3.05, 3.63) is 64.2 Å². The first-order valence-corrected chi connectivity index (χ1v) is 11.1. The Morgan fingerprint density at radius 3 is 2.34 bits per heavy atom. The molecule has 1 saturated heterocycles. The SMILES string of the molecule is Cc1cccc([N+](=O)[O-])c1S(=O)(=O)NCC(C)N1CCN(c2ccccc2)CC1. The minimum absolute atomic E-state index is 0.0224. The van der Waals surface area contributed by atoms with Crippen molar-refractivity contribution >= 4 is 21.4 Å². The van der Waals surface area contributed by atoms with Gasteiger partial charge in [0.1, 0.15) is 0 Å². The van der Waals surface area contributed by atoms with Crippen LogP contribution in [0.15, 0.2) is 53.4 Å². The highest BCUT2D eigenvalue weighted by atomic mass is 32.2. The number of nitro benzene ring substituents is 1. The van der Waals surface area contributed by atoms with Crippen LogP contribution in [0.1, 0.15) is 12.5 Å². The standard InChI is InChI=1S/C20H26N4O4S/c1-16-7-6-10-19(24(25)26)20(16)29(27,28)21-15-17(2)22-11-13-23(14-12-22)18-8-4-3-5-9-18/h3-10,17,21H,11-15H2,1-2H3. The number of aryl methyl sites for hydroxylation is 1. The van der Waals surface area contributed by atoms with Crippen LogP contribution in [0.2, 0.25) is 0 Å². The molecule has 1 unspecified atom stereocenters. The Balaban J connectivity index is 1.61. The molecule has 0 aromatic heterocycles. The zero-order chi connectivity index (χ0) is 21.0. The predicted molar refractivity (Wildman–Crippen MR) is 113 cm³/mol. The third kappa shape index (κ3) is 4.92. The summed E-state index contributed by atoms with van der Waals surface area (Å²) in [6.45, 7) is 7.10. The van der Waals surface area contributed by atoms with Crippen LogP contribution < -0.4 is 9.62 Å². The van der Waals surface area contributed by atoms with Gasteiger partial charge in [0.25, 0.3) is 5.69 Å². The molecular formula is C20H26N4O4S. The maximum absolute atomic E-state index is 12.8. The lowest BCUT2D eigenvalue weighted by molar-refractivity contribution is -0.387. The summed E-state index contributed by atoms with van der Waals surface area (Å²) in [5, 5.41) is 11.3. The monoisotopic (exact) mass is 418 g/mol. The van der Waals surface area contributed by atoms with Crippen LogP contribution in [0.25, 0.3) is 0 Å². The van der Waals surface area contributed by atoms with E-state index >= 15 is 0 Å². The van der Waals surface area contributed by atoms with Gasteiger partial charge in [-0.25, -0.2) is 13.1 Å². The fourth-order valence-corrected chi connectivity index (χ4v) is 5.14. The molecule has 29 heavy (non-hydrogen) atoms. The lowest BCUT2D eigenvalue weighted by Gasteiger charge is -2.39. The van der Waals surface area contributed by atoms with E-state index in [4.69, 9.17) is 0 Å². The normalized spacial score (nSPS) is 16.6. The minimum atomic E-state index is -3.98. The molecule has 0 bridgehead atoms. The highest BCUT2D eigenvalue weighted by Gasteiger charge is 2.29. The Bertz CT molecular complexity index is 958. The van der Waals surface area contributed by atoms with Crippen molar-refractivity contribution in [3.8, 4) is 0 Å². The number of piperazine rings is 1. The van der Waals surface area contributed by atoms with Crippen molar-refractivity contribution in [2.75, 3.05) is 37.6 Å². The summed E-state index contributed by atoms with van der Waals surface area (Å²) in [4.78, 5) is 14.9. The zero-order valence-electron chi connectivity index (χ0n) is 16.6. The van der Waals surface area contributed by atoms with Crippen LogP contribution in [0.5, 0.6) is 0 Å². The summed E-state index contributed by atoms with van der Waals surface area (Å²) in [5.41, 5.74) is 1.14. The average molecular weight is 419 g/mol. The third-order valence-electron chi connectivity index (χ3n) is 5.28. The first-order chi connectivity index (χ1) is 13.8. The van der Waals surface area contributed by atoms with Crippen molar-refractivity contribution in [1.82, 2.24) is 9.62 Å². The first kappa shape index (κ1) is 21.2. The smallest absolute Gasteiger partial charge is 0.289 e. The minimum Gasteiger partial charge on any atom is -0.369 e. The number of para-hydroxylation sites is 1. The fourth-order valence-electron chi connectivity index (χ4n) is 3.62. The van der Waals surface area contributed by atoms with E-state index in [1.807, 2.05) is 25.1 Å². The highest BCUT2D eigenvalue weighted by Crippen LogP contribution is 2.26. The van der Waals surface area contributed by atoms with Crippen molar-refractivity contribution in [1.29, 1.82) is 0 Å². The van der Waals surface area contributed by atoms with Crippen molar-refractivity contribution < 1.29 is 13.3 Å². The molecule has 2 aromatic rings. The molecule has 1 aliphatic heterocycles. The Morgan fingerprint density at radius 2 is 1.72 bits per heavy atom. The van der Waals surface area contributed by atoms with Gasteiger partial charge in [-0.05, 0) is 31.5 Å². The first-order valence-electron chi connectivity index (χ1n) is 9.57. The van der Waals surface area contributed by atoms with Crippen LogP contribution in [0.3, 0.4) is 0 Å². The second kappa shape index (κ2) is 8.89. The maximum atomic E-state index is 12.8. The number of hydrogen-bond donors (Lipinski definition) is 1. The molecule has 0 radical (unpaired) electrons. The van der Waals surface area contributed by atoms with Crippen LogP contribution in [0, 0.1) is 17.0 Å². The Labute approximate surface area is 171 Å². The van der Waals surface area contributed by atoms with Crippen molar-refractivity contribution in [3.63, 3.8) is 0 Å². The summed E-state index contributed by atoms with van der Waals surface area (Å²) in [6.07, 6.45) is 0. The largest absolute Gasteiger partial charge is 0.369 e. The molecule has 1 atom stereocenters. The van der Waals surface area contributed by atoms with Gasteiger partial charge in [-0.3, -0.25) is 15.0 Å². The van der Waals surface area contributed by atoms with Gasteiger partial charge in [0, 0.05) is 50.5 Å². The van der Waals surface area contributed by atoms with Gasteiger partial charge in [-0.1, -0.05) is 30.3 Å².